The second-order valence-electron chi connectivity index (χ2n) is 8.95. The molecule has 1 aromatic heterocycles. The zero-order valence-electron chi connectivity index (χ0n) is 19.6. The van der Waals surface area contributed by atoms with Crippen LogP contribution in [-0.2, 0) is 16.1 Å². The van der Waals surface area contributed by atoms with Crippen molar-refractivity contribution >= 4 is 51.4 Å². The number of nitrogens with one attached hydrogen (secondary N) is 2. The Balaban J connectivity index is 1.40. The maximum absolute atomic E-state index is 13.6. The van der Waals surface area contributed by atoms with Gasteiger partial charge in [0.2, 0.25) is 5.91 Å². The van der Waals surface area contributed by atoms with Crippen LogP contribution in [0.1, 0.15) is 23.1 Å². The van der Waals surface area contributed by atoms with E-state index in [1.165, 1.54) is 0 Å². The number of hydrogen-bond donors (Lipinski definition) is 2. The Morgan fingerprint density at radius 2 is 1.66 bits per heavy atom. The van der Waals surface area contributed by atoms with Gasteiger partial charge in [0.15, 0.2) is 5.11 Å². The average Bonchev–Trinajstić information content (AvgIpc) is 3.39. The Hall–Kier alpha value is -3.97. The number of carbonyl (C=O) groups excluding carboxylic acids is 2. The minimum atomic E-state index is -0.695. The third-order valence-electron chi connectivity index (χ3n) is 6.30. The smallest absolute Gasteiger partial charge is 0.256 e. The van der Waals surface area contributed by atoms with Gasteiger partial charge >= 0.3 is 0 Å². The van der Waals surface area contributed by atoms with Gasteiger partial charge in [-0.2, -0.15) is 0 Å². The molecule has 1 saturated heterocycles. The van der Waals surface area contributed by atoms with Gasteiger partial charge in [-0.05, 0) is 67.3 Å². The van der Waals surface area contributed by atoms with Crippen LogP contribution in [0.3, 0.4) is 0 Å². The molecule has 4 aromatic rings. The predicted octanol–water partition coefficient (Wildman–Crippen LogP) is 5.32. The number of benzene rings is 3. The summed E-state index contributed by atoms with van der Waals surface area (Å²) in [4.78, 5) is 33.2. The number of nitrogens with zero attached hydrogens (tertiary/aromatic N) is 2. The molecule has 6 nitrogen and oxygen atoms in total. The van der Waals surface area contributed by atoms with Crippen LogP contribution in [0, 0.1) is 13.8 Å². The maximum atomic E-state index is 13.6. The molecule has 0 aliphatic carbocycles. The highest BCUT2D eigenvalue weighted by Crippen LogP contribution is 2.29. The molecular formula is C28H26N4O2S. The van der Waals surface area contributed by atoms with Crippen LogP contribution in [-0.4, -0.2) is 32.9 Å². The Morgan fingerprint density at radius 3 is 2.37 bits per heavy atom. The fraction of sp³-hybridized carbons (Fsp3) is 0.179. The van der Waals surface area contributed by atoms with Gasteiger partial charge in [0.25, 0.3) is 5.91 Å². The van der Waals surface area contributed by atoms with Crippen molar-refractivity contribution in [1.29, 1.82) is 0 Å². The molecule has 0 bridgehead atoms. The minimum absolute atomic E-state index is 0.00401. The molecule has 2 amide bonds. The topological polar surface area (TPSA) is 68.4 Å². The highest BCUT2D eigenvalue weighted by molar-refractivity contribution is 7.80. The van der Waals surface area contributed by atoms with E-state index in [-0.39, 0.29) is 18.2 Å². The molecule has 2 heterocycles. The van der Waals surface area contributed by atoms with Crippen LogP contribution in [0.25, 0.3) is 10.9 Å². The fourth-order valence-electron chi connectivity index (χ4n) is 4.35. The number of H-pyrrole nitrogens is 1. The van der Waals surface area contributed by atoms with E-state index < -0.39 is 6.04 Å². The lowest BCUT2D eigenvalue weighted by molar-refractivity contribution is -0.124. The number of hydrogen-bond acceptors (Lipinski definition) is 3. The second kappa shape index (κ2) is 9.35. The molecule has 0 saturated carbocycles. The van der Waals surface area contributed by atoms with E-state index in [1.807, 2.05) is 97.7 Å². The van der Waals surface area contributed by atoms with Gasteiger partial charge in [0, 0.05) is 23.9 Å². The van der Waals surface area contributed by atoms with Crippen molar-refractivity contribution in [2.75, 3.05) is 10.2 Å². The Bertz CT molecular complexity index is 1410. The molecule has 1 aliphatic rings. The number of thiocarbonyl (C=S) groups is 1. The summed E-state index contributed by atoms with van der Waals surface area (Å²) >= 11 is 5.78. The zero-order valence-corrected chi connectivity index (χ0v) is 20.4. The lowest BCUT2D eigenvalue weighted by atomic mass is 10.1. The van der Waals surface area contributed by atoms with Gasteiger partial charge in [0.1, 0.15) is 6.04 Å². The lowest BCUT2D eigenvalue weighted by Crippen LogP contribution is -2.37. The monoisotopic (exact) mass is 482 g/mol. The molecule has 1 unspecified atom stereocenters. The van der Waals surface area contributed by atoms with Crippen LogP contribution in [0.2, 0.25) is 0 Å². The normalized spacial score (nSPS) is 15.8. The van der Waals surface area contributed by atoms with Crippen molar-refractivity contribution in [3.05, 3.63) is 95.7 Å². The first kappa shape index (κ1) is 22.8. The summed E-state index contributed by atoms with van der Waals surface area (Å²) in [7, 11) is 0. The molecule has 0 radical (unpaired) electrons. The van der Waals surface area contributed by atoms with E-state index >= 15 is 0 Å². The molecule has 7 heteroatoms. The largest absolute Gasteiger partial charge is 0.361 e. The number of anilines is 2. The van der Waals surface area contributed by atoms with E-state index in [0.717, 1.165) is 27.6 Å². The van der Waals surface area contributed by atoms with Gasteiger partial charge < -0.3 is 15.2 Å². The fourth-order valence-corrected chi connectivity index (χ4v) is 4.74. The van der Waals surface area contributed by atoms with Crippen LogP contribution in [0.4, 0.5) is 11.4 Å². The van der Waals surface area contributed by atoms with Crippen molar-refractivity contribution in [3.63, 3.8) is 0 Å². The molecule has 176 valence electrons. The summed E-state index contributed by atoms with van der Waals surface area (Å²) < 4.78 is 0. The van der Waals surface area contributed by atoms with Crippen molar-refractivity contribution in [2.45, 2.75) is 32.9 Å². The summed E-state index contributed by atoms with van der Waals surface area (Å²) in [6, 6.07) is 22.8. The SMILES string of the molecule is Cc1ccc(CN2C(=S)N(c3ccc(C)cc3)C(=O)C2CC(=O)Nc2ccc3cc[nH]c3c2)cc1. The van der Waals surface area contributed by atoms with Crippen molar-refractivity contribution in [1.82, 2.24) is 9.88 Å². The third-order valence-corrected chi connectivity index (χ3v) is 6.72. The number of aromatic amines is 1. The van der Waals surface area contributed by atoms with Gasteiger partial charge in [-0.25, -0.2) is 0 Å². The molecule has 35 heavy (non-hydrogen) atoms. The van der Waals surface area contributed by atoms with Crippen LogP contribution < -0.4 is 10.2 Å². The Labute approximate surface area is 209 Å². The minimum Gasteiger partial charge on any atom is -0.361 e. The first-order valence-corrected chi connectivity index (χ1v) is 11.9. The van der Waals surface area contributed by atoms with Gasteiger partial charge in [0.05, 0.1) is 12.1 Å². The quantitative estimate of drug-likeness (QED) is 0.365. The molecule has 2 N–H and O–H groups in total. The maximum Gasteiger partial charge on any atom is 0.256 e. The number of carbonyl (C=O) groups is 2. The summed E-state index contributed by atoms with van der Waals surface area (Å²) in [5, 5.41) is 4.41. The predicted molar refractivity (Wildman–Crippen MR) is 143 cm³/mol. The molecule has 3 aromatic carbocycles. The third kappa shape index (κ3) is 4.68. The van der Waals surface area contributed by atoms with E-state index in [2.05, 4.69) is 10.3 Å². The summed E-state index contributed by atoms with van der Waals surface area (Å²) in [6.45, 7) is 4.47. The van der Waals surface area contributed by atoms with Gasteiger partial charge in [-0.15, -0.1) is 0 Å². The Morgan fingerprint density at radius 1 is 0.971 bits per heavy atom. The van der Waals surface area contributed by atoms with Crippen LogP contribution >= 0.6 is 12.2 Å². The molecule has 0 spiro atoms. The average molecular weight is 483 g/mol. The van der Waals surface area contributed by atoms with Crippen molar-refractivity contribution < 1.29 is 9.59 Å². The summed E-state index contributed by atoms with van der Waals surface area (Å²) in [5.74, 6) is -0.433. The Kier molecular flexibility index (Phi) is 6.09. The lowest BCUT2D eigenvalue weighted by Gasteiger charge is -2.24. The standard InChI is InChI=1S/C28H26N4O2S/c1-18-3-7-20(8-4-18)17-31-25(27(34)32(28(31)35)23-11-5-19(2)6-12-23)16-26(33)30-22-10-9-21-13-14-29-24(21)15-22/h3-15,25,29H,16-17H2,1-2H3,(H,30,33). The molecule has 1 aliphatic heterocycles. The second-order valence-corrected chi connectivity index (χ2v) is 9.32. The highest BCUT2D eigenvalue weighted by atomic mass is 32.1. The van der Waals surface area contributed by atoms with Gasteiger partial charge in [-0.3, -0.25) is 14.5 Å². The number of amides is 2. The van der Waals surface area contributed by atoms with E-state index in [9.17, 15) is 9.59 Å². The van der Waals surface area contributed by atoms with Gasteiger partial charge in [-0.1, -0.05) is 53.6 Å². The number of rotatable bonds is 6. The molecule has 5 rings (SSSR count). The van der Waals surface area contributed by atoms with Crippen LogP contribution in [0.15, 0.2) is 79.0 Å². The summed E-state index contributed by atoms with van der Waals surface area (Å²) in [6.07, 6.45) is 1.85. The molecule has 1 fully saturated rings. The summed E-state index contributed by atoms with van der Waals surface area (Å²) in [5.41, 5.74) is 5.60. The van der Waals surface area contributed by atoms with Crippen molar-refractivity contribution in [3.8, 4) is 0 Å². The van der Waals surface area contributed by atoms with E-state index in [4.69, 9.17) is 12.2 Å². The number of fused-ring (bicyclic) bond motifs is 1. The number of aromatic nitrogens is 1. The zero-order chi connectivity index (χ0) is 24.5. The number of aryl methyl sites for hydroxylation is 2. The van der Waals surface area contributed by atoms with Crippen molar-refractivity contribution in [2.24, 2.45) is 0 Å². The molecule has 1 atom stereocenters. The van der Waals surface area contributed by atoms with Crippen LogP contribution in [0.5, 0.6) is 0 Å². The molecular weight excluding hydrogens is 456 g/mol. The highest BCUT2D eigenvalue weighted by Gasteiger charge is 2.44. The first-order valence-electron chi connectivity index (χ1n) is 11.5. The van der Waals surface area contributed by atoms with E-state index in [1.54, 1.807) is 4.90 Å². The first-order chi connectivity index (χ1) is 16.9. The van der Waals surface area contributed by atoms with E-state index in [0.29, 0.717) is 23.0 Å².